The zero-order valence-corrected chi connectivity index (χ0v) is 20.2. The Bertz CT molecular complexity index is 1040. The number of oxazole rings is 1. The summed E-state index contributed by atoms with van der Waals surface area (Å²) in [7, 11) is 1.68. The summed E-state index contributed by atoms with van der Waals surface area (Å²) in [5, 5.41) is 16.8. The van der Waals surface area contributed by atoms with Gasteiger partial charge in [0.1, 0.15) is 0 Å². The molecule has 1 aromatic carbocycles. The molecule has 0 unspecified atom stereocenters. The molecule has 1 aromatic heterocycles. The summed E-state index contributed by atoms with van der Waals surface area (Å²) >= 11 is 1.41. The van der Waals surface area contributed by atoms with Gasteiger partial charge in [0, 0.05) is 19.3 Å². The molecule has 2 aliphatic rings. The zero-order valence-electron chi connectivity index (χ0n) is 19.4. The standard InChI is InChI=1S/C24H30F3N5OS/c1-16-20(33-15-30-16)21(28)31(2)22(29)34-12-4-11-32-10-3-9-23(14-32)13-19(23)17-5-7-18(8-6-17)24(25,26)27/h5-8,15,19,28-29H,3-4,9-14H2,1-2H3/t19-,23-/m0/s1. The van der Waals surface area contributed by atoms with Crippen molar-refractivity contribution < 1.29 is 17.6 Å². The fourth-order valence-electron chi connectivity index (χ4n) is 4.96. The molecule has 1 aliphatic carbocycles. The van der Waals surface area contributed by atoms with Gasteiger partial charge in [-0.3, -0.25) is 10.8 Å². The van der Waals surface area contributed by atoms with Gasteiger partial charge in [-0.2, -0.15) is 13.2 Å². The first kappa shape index (κ1) is 24.8. The van der Waals surface area contributed by atoms with E-state index >= 15 is 0 Å². The number of rotatable bonds is 6. The van der Waals surface area contributed by atoms with Crippen molar-refractivity contribution in [2.75, 3.05) is 32.4 Å². The average Bonchev–Trinajstić information content (AvgIpc) is 3.30. The number of amidine groups is 2. The molecule has 2 aromatic rings. The number of thioether (sulfide) groups is 1. The third-order valence-electron chi connectivity index (χ3n) is 6.98. The summed E-state index contributed by atoms with van der Waals surface area (Å²) in [6, 6.07) is 5.71. The smallest absolute Gasteiger partial charge is 0.416 e. The van der Waals surface area contributed by atoms with Gasteiger partial charge in [-0.05, 0) is 74.7 Å². The van der Waals surface area contributed by atoms with E-state index in [-0.39, 0.29) is 11.3 Å². The van der Waals surface area contributed by atoms with E-state index in [9.17, 15) is 13.2 Å². The molecule has 4 rings (SSSR count). The quantitative estimate of drug-likeness (QED) is 0.312. The number of likely N-dealkylation sites (tertiary alicyclic amines) is 1. The molecule has 1 saturated carbocycles. The first-order chi connectivity index (χ1) is 16.1. The van der Waals surface area contributed by atoms with Crippen LogP contribution in [0.4, 0.5) is 13.2 Å². The van der Waals surface area contributed by atoms with Gasteiger partial charge in [0.05, 0.1) is 11.3 Å². The Morgan fingerprint density at radius 3 is 2.68 bits per heavy atom. The molecule has 2 heterocycles. The van der Waals surface area contributed by atoms with Crippen LogP contribution >= 0.6 is 11.8 Å². The van der Waals surface area contributed by atoms with Crippen LogP contribution in [0, 0.1) is 23.2 Å². The van der Waals surface area contributed by atoms with Crippen LogP contribution in [0.2, 0.25) is 0 Å². The van der Waals surface area contributed by atoms with Crippen molar-refractivity contribution in [2.45, 2.75) is 44.7 Å². The molecule has 0 bridgehead atoms. The van der Waals surface area contributed by atoms with E-state index in [1.807, 2.05) is 0 Å². The van der Waals surface area contributed by atoms with Crippen LogP contribution in [0.5, 0.6) is 0 Å². The van der Waals surface area contributed by atoms with E-state index in [4.69, 9.17) is 15.2 Å². The van der Waals surface area contributed by atoms with Crippen molar-refractivity contribution in [3.05, 3.63) is 53.2 Å². The lowest BCUT2D eigenvalue weighted by Gasteiger charge is -2.34. The van der Waals surface area contributed by atoms with Gasteiger partial charge in [0.2, 0.25) is 0 Å². The van der Waals surface area contributed by atoms with Crippen molar-refractivity contribution >= 4 is 22.8 Å². The first-order valence-corrected chi connectivity index (χ1v) is 12.4. The third kappa shape index (κ3) is 5.33. The lowest BCUT2D eigenvalue weighted by molar-refractivity contribution is -0.137. The second kappa shape index (κ2) is 9.73. The van der Waals surface area contributed by atoms with E-state index in [0.717, 1.165) is 56.6 Å². The highest BCUT2D eigenvalue weighted by Crippen LogP contribution is 2.63. The van der Waals surface area contributed by atoms with Gasteiger partial charge in [-0.25, -0.2) is 4.98 Å². The number of aryl methyl sites for hydroxylation is 1. The number of nitrogens with one attached hydrogen (secondary N) is 2. The number of aromatic nitrogens is 1. The summed E-state index contributed by atoms with van der Waals surface area (Å²) in [4.78, 5) is 7.95. The molecule has 184 valence electrons. The largest absolute Gasteiger partial charge is 0.440 e. The summed E-state index contributed by atoms with van der Waals surface area (Å²) in [5.74, 6) is 1.61. The lowest BCUT2D eigenvalue weighted by Crippen LogP contribution is -2.38. The number of nitrogens with zero attached hydrogens (tertiary/aromatic N) is 3. The van der Waals surface area contributed by atoms with Gasteiger partial charge in [0.15, 0.2) is 23.2 Å². The Labute approximate surface area is 201 Å². The highest BCUT2D eigenvalue weighted by atomic mass is 32.2. The molecule has 0 amide bonds. The maximum Gasteiger partial charge on any atom is 0.416 e. The van der Waals surface area contributed by atoms with Crippen LogP contribution in [0.25, 0.3) is 0 Å². The van der Waals surface area contributed by atoms with E-state index in [1.54, 1.807) is 26.1 Å². The lowest BCUT2D eigenvalue weighted by atomic mass is 9.89. The molecule has 0 radical (unpaired) electrons. The second-order valence-electron chi connectivity index (χ2n) is 9.30. The molecular formula is C24H30F3N5OS. The van der Waals surface area contributed by atoms with Crippen LogP contribution in [0.1, 0.15) is 54.2 Å². The van der Waals surface area contributed by atoms with Crippen LogP contribution < -0.4 is 0 Å². The van der Waals surface area contributed by atoms with Gasteiger partial charge in [0.25, 0.3) is 0 Å². The third-order valence-corrected chi connectivity index (χ3v) is 8.02. The van der Waals surface area contributed by atoms with Crippen LogP contribution in [0.3, 0.4) is 0 Å². The maximum absolute atomic E-state index is 12.9. The normalized spacial score (nSPS) is 22.7. The molecule has 2 atom stereocenters. The molecule has 1 spiro atoms. The fraction of sp³-hybridized carbons (Fsp3) is 0.542. The first-order valence-electron chi connectivity index (χ1n) is 11.4. The molecule has 6 nitrogen and oxygen atoms in total. The molecule has 10 heteroatoms. The van der Waals surface area contributed by atoms with Crippen LogP contribution in [0.15, 0.2) is 35.1 Å². The molecule has 1 aliphatic heterocycles. The predicted octanol–water partition coefficient (Wildman–Crippen LogP) is 5.59. The fourth-order valence-corrected chi connectivity index (χ4v) is 5.71. The molecule has 1 saturated heterocycles. The van der Waals surface area contributed by atoms with Crippen molar-refractivity contribution in [1.82, 2.24) is 14.8 Å². The van der Waals surface area contributed by atoms with Crippen molar-refractivity contribution in [1.29, 1.82) is 10.8 Å². The summed E-state index contributed by atoms with van der Waals surface area (Å²) in [6.45, 7) is 4.73. The minimum Gasteiger partial charge on any atom is -0.440 e. The van der Waals surface area contributed by atoms with Gasteiger partial charge in [-0.15, -0.1) is 0 Å². The highest BCUT2D eigenvalue weighted by Gasteiger charge is 2.55. The zero-order chi connectivity index (χ0) is 24.5. The van der Waals surface area contributed by atoms with Gasteiger partial charge >= 0.3 is 6.18 Å². The summed E-state index contributed by atoms with van der Waals surface area (Å²) in [6.07, 6.45) is 1.22. The predicted molar refractivity (Wildman–Crippen MR) is 128 cm³/mol. The highest BCUT2D eigenvalue weighted by molar-refractivity contribution is 8.13. The van der Waals surface area contributed by atoms with Crippen molar-refractivity contribution in [3.8, 4) is 0 Å². The van der Waals surface area contributed by atoms with Crippen molar-refractivity contribution in [2.24, 2.45) is 5.41 Å². The van der Waals surface area contributed by atoms with Crippen LogP contribution in [-0.2, 0) is 6.18 Å². The van der Waals surface area contributed by atoms with Gasteiger partial charge < -0.3 is 14.2 Å². The van der Waals surface area contributed by atoms with E-state index in [2.05, 4.69) is 9.88 Å². The minimum atomic E-state index is -4.29. The number of hydrogen-bond donors (Lipinski definition) is 2. The Morgan fingerprint density at radius 1 is 1.29 bits per heavy atom. The van der Waals surface area contributed by atoms with Crippen LogP contribution in [-0.4, -0.2) is 58.2 Å². The van der Waals surface area contributed by atoms with E-state index in [1.165, 1.54) is 35.2 Å². The number of piperidine rings is 1. The Morgan fingerprint density at radius 2 is 2.03 bits per heavy atom. The van der Waals surface area contributed by atoms with Crippen molar-refractivity contribution in [3.63, 3.8) is 0 Å². The van der Waals surface area contributed by atoms with Gasteiger partial charge in [-0.1, -0.05) is 23.9 Å². The number of benzene rings is 1. The Balaban J connectivity index is 1.22. The Kier molecular flexibility index (Phi) is 7.09. The molecular weight excluding hydrogens is 463 g/mol. The number of hydrogen-bond acceptors (Lipinski definition) is 6. The summed E-state index contributed by atoms with van der Waals surface area (Å²) in [5.41, 5.74) is 1.26. The number of halogens is 3. The van der Waals surface area contributed by atoms with E-state index in [0.29, 0.717) is 22.5 Å². The Hall–Kier alpha value is -2.33. The SMILES string of the molecule is Cc1ncoc1C(=N)N(C)C(=N)SCCCN1CCC[C@]2(C[C@H]2c2ccc(C(F)(F)F)cc2)C1. The maximum atomic E-state index is 12.9. The second-order valence-corrected chi connectivity index (χ2v) is 10.4. The molecule has 2 N–H and O–H groups in total. The topological polar surface area (TPSA) is 80.2 Å². The monoisotopic (exact) mass is 493 g/mol. The molecule has 2 fully saturated rings. The summed E-state index contributed by atoms with van der Waals surface area (Å²) < 4.78 is 43.8. The minimum absolute atomic E-state index is 0.119. The number of alkyl halides is 3. The average molecular weight is 494 g/mol. The van der Waals surface area contributed by atoms with E-state index < -0.39 is 11.7 Å². The molecule has 34 heavy (non-hydrogen) atoms.